The first kappa shape index (κ1) is 24.2. The summed E-state index contributed by atoms with van der Waals surface area (Å²) in [6.07, 6.45) is -0.969. The highest BCUT2D eigenvalue weighted by Gasteiger charge is 2.47. The van der Waals surface area contributed by atoms with Crippen LogP contribution in [0.15, 0.2) is 55.1 Å². The molecule has 0 aliphatic carbocycles. The second kappa shape index (κ2) is 8.57. The summed E-state index contributed by atoms with van der Waals surface area (Å²) in [5.74, 6) is -7.33. The van der Waals surface area contributed by atoms with Gasteiger partial charge in [-0.15, -0.1) is 0 Å². The second-order valence-electron chi connectivity index (χ2n) is 9.08. The van der Waals surface area contributed by atoms with E-state index in [9.17, 15) is 26.3 Å². The number of hydrogen-bond acceptors (Lipinski definition) is 2. The van der Waals surface area contributed by atoms with Crippen molar-refractivity contribution in [1.82, 2.24) is 4.90 Å². The molecule has 188 valence electrons. The fourth-order valence-corrected chi connectivity index (χ4v) is 4.90. The minimum Gasteiger partial charge on any atom is -0.477 e. The lowest BCUT2D eigenvalue weighted by atomic mass is 9.82. The Morgan fingerprint density at radius 3 is 1.86 bits per heavy atom. The fraction of sp³-hybridized carbons (Fsp3) is 0.259. The lowest BCUT2D eigenvalue weighted by Crippen LogP contribution is -2.38. The standard InChI is InChI=1S/C27H20F7NO/c1-15(35-8-6-26(33,34)7-9-35)19-10-16-14-27(36-25(16)13-22(19)30,20-4-2-17(28)11-23(20)31)21-5-3-18(29)12-24(21)32/h2-5,10-13H,1,6-9,14H2. The molecular weight excluding hydrogens is 487 g/mol. The Morgan fingerprint density at radius 1 is 0.778 bits per heavy atom. The summed E-state index contributed by atoms with van der Waals surface area (Å²) >= 11 is 0. The van der Waals surface area contributed by atoms with Crippen molar-refractivity contribution in [2.45, 2.75) is 30.8 Å². The molecule has 1 saturated heterocycles. The van der Waals surface area contributed by atoms with Crippen molar-refractivity contribution in [3.8, 4) is 5.75 Å². The summed E-state index contributed by atoms with van der Waals surface area (Å²) in [6.45, 7) is 3.86. The van der Waals surface area contributed by atoms with E-state index in [0.29, 0.717) is 17.7 Å². The molecule has 0 unspecified atom stereocenters. The van der Waals surface area contributed by atoms with Crippen LogP contribution in [0.25, 0.3) is 5.70 Å². The van der Waals surface area contributed by atoms with Gasteiger partial charge in [0.25, 0.3) is 5.92 Å². The maximum absolute atomic E-state index is 15.2. The predicted molar refractivity (Wildman–Crippen MR) is 119 cm³/mol. The number of rotatable bonds is 4. The quantitative estimate of drug-likeness (QED) is 0.354. The van der Waals surface area contributed by atoms with Crippen LogP contribution in [0, 0.1) is 29.1 Å². The first-order valence-corrected chi connectivity index (χ1v) is 11.2. The Labute approximate surface area is 202 Å². The zero-order valence-electron chi connectivity index (χ0n) is 18.9. The normalized spacial score (nSPS) is 18.0. The molecular formula is C27H20F7NO. The van der Waals surface area contributed by atoms with E-state index in [4.69, 9.17) is 4.74 Å². The number of ether oxygens (including phenoxy) is 1. The van der Waals surface area contributed by atoms with Crippen LogP contribution < -0.4 is 4.74 Å². The van der Waals surface area contributed by atoms with Gasteiger partial charge in [-0.3, -0.25) is 0 Å². The molecule has 0 spiro atoms. The number of benzene rings is 3. The number of fused-ring (bicyclic) bond motifs is 1. The van der Waals surface area contributed by atoms with E-state index < -0.39 is 53.5 Å². The van der Waals surface area contributed by atoms with Crippen molar-refractivity contribution in [3.63, 3.8) is 0 Å². The summed E-state index contributed by atoms with van der Waals surface area (Å²) in [6, 6.07) is 7.84. The van der Waals surface area contributed by atoms with Gasteiger partial charge in [0.15, 0.2) is 5.60 Å². The van der Waals surface area contributed by atoms with Gasteiger partial charge in [-0.05, 0) is 35.9 Å². The molecule has 0 N–H and O–H groups in total. The van der Waals surface area contributed by atoms with E-state index in [1.54, 1.807) is 4.90 Å². The second-order valence-corrected chi connectivity index (χ2v) is 9.08. The van der Waals surface area contributed by atoms with Gasteiger partial charge in [-0.1, -0.05) is 6.58 Å². The number of piperidine rings is 1. The van der Waals surface area contributed by atoms with Crippen molar-refractivity contribution in [2.24, 2.45) is 0 Å². The topological polar surface area (TPSA) is 12.5 Å². The molecule has 0 radical (unpaired) electrons. The zero-order chi connectivity index (χ0) is 25.8. The summed E-state index contributed by atoms with van der Waals surface area (Å²) in [7, 11) is 0. The van der Waals surface area contributed by atoms with Crippen molar-refractivity contribution < 1.29 is 35.5 Å². The van der Waals surface area contributed by atoms with E-state index in [-0.39, 0.29) is 47.6 Å². The fourth-order valence-electron chi connectivity index (χ4n) is 4.90. The Hall–Kier alpha value is -3.49. The molecule has 3 aromatic carbocycles. The van der Waals surface area contributed by atoms with E-state index in [0.717, 1.165) is 30.3 Å². The zero-order valence-corrected chi connectivity index (χ0v) is 18.9. The van der Waals surface area contributed by atoms with E-state index >= 15 is 4.39 Å². The maximum Gasteiger partial charge on any atom is 0.251 e. The largest absolute Gasteiger partial charge is 0.477 e. The number of nitrogens with zero attached hydrogens (tertiary/aromatic N) is 1. The van der Waals surface area contributed by atoms with Crippen molar-refractivity contribution >= 4 is 5.70 Å². The van der Waals surface area contributed by atoms with Crippen LogP contribution in [0.4, 0.5) is 30.7 Å². The average molecular weight is 507 g/mol. The van der Waals surface area contributed by atoms with Gasteiger partial charge in [-0.2, -0.15) is 0 Å². The summed E-state index contributed by atoms with van der Waals surface area (Å²) < 4.78 is 106. The van der Waals surface area contributed by atoms with Crippen molar-refractivity contribution in [3.05, 3.63) is 106 Å². The molecule has 3 aromatic rings. The van der Waals surface area contributed by atoms with Gasteiger partial charge < -0.3 is 9.64 Å². The van der Waals surface area contributed by atoms with Crippen molar-refractivity contribution in [1.29, 1.82) is 0 Å². The summed E-state index contributed by atoms with van der Waals surface area (Å²) in [5, 5.41) is 0. The minimum absolute atomic E-state index is 0.00955. The summed E-state index contributed by atoms with van der Waals surface area (Å²) in [4.78, 5) is 1.56. The third kappa shape index (κ3) is 4.10. The molecule has 0 bridgehead atoms. The first-order chi connectivity index (χ1) is 17.0. The van der Waals surface area contributed by atoms with Crippen LogP contribution in [-0.2, 0) is 12.0 Å². The lowest BCUT2D eigenvalue weighted by molar-refractivity contribution is -0.0450. The monoisotopic (exact) mass is 507 g/mol. The summed E-state index contributed by atoms with van der Waals surface area (Å²) in [5.41, 5.74) is -1.71. The van der Waals surface area contributed by atoms with Crippen LogP contribution in [0.1, 0.15) is 35.1 Å². The molecule has 36 heavy (non-hydrogen) atoms. The van der Waals surface area contributed by atoms with Crippen LogP contribution in [0.2, 0.25) is 0 Å². The molecule has 0 saturated carbocycles. The Kier molecular flexibility index (Phi) is 5.76. The van der Waals surface area contributed by atoms with Gasteiger partial charge in [0.2, 0.25) is 0 Å². The molecule has 0 amide bonds. The first-order valence-electron chi connectivity index (χ1n) is 11.2. The van der Waals surface area contributed by atoms with Gasteiger partial charge in [0.1, 0.15) is 34.8 Å². The minimum atomic E-state index is -2.79. The third-order valence-corrected chi connectivity index (χ3v) is 6.79. The number of halogens is 7. The number of likely N-dealkylation sites (tertiary alicyclic amines) is 1. The molecule has 5 rings (SSSR count). The van der Waals surface area contributed by atoms with Gasteiger partial charge in [0, 0.05) is 72.9 Å². The van der Waals surface area contributed by atoms with Crippen LogP contribution in [-0.4, -0.2) is 23.9 Å². The highest BCUT2D eigenvalue weighted by molar-refractivity contribution is 5.66. The highest BCUT2D eigenvalue weighted by Crippen LogP contribution is 2.48. The Balaban J connectivity index is 1.58. The molecule has 0 atom stereocenters. The van der Waals surface area contributed by atoms with Crippen LogP contribution >= 0.6 is 0 Å². The number of alkyl halides is 2. The SMILES string of the molecule is C=C(c1cc2c(cc1F)OC(c1ccc(F)cc1F)(c1ccc(F)cc1F)C2)N1CCC(F)(F)CC1. The van der Waals surface area contributed by atoms with Gasteiger partial charge >= 0.3 is 0 Å². The average Bonchev–Trinajstić information content (AvgIpc) is 3.16. The van der Waals surface area contributed by atoms with E-state index in [1.807, 2.05) is 0 Å². The molecule has 0 aromatic heterocycles. The molecule has 2 aliphatic heterocycles. The molecule has 1 fully saturated rings. The highest BCUT2D eigenvalue weighted by atomic mass is 19.3. The van der Waals surface area contributed by atoms with Gasteiger partial charge in [0.05, 0.1) is 0 Å². The van der Waals surface area contributed by atoms with Crippen LogP contribution in [0.5, 0.6) is 5.75 Å². The van der Waals surface area contributed by atoms with Crippen LogP contribution in [0.3, 0.4) is 0 Å². The maximum atomic E-state index is 15.2. The van der Waals surface area contributed by atoms with E-state index in [2.05, 4.69) is 6.58 Å². The molecule has 2 aliphatic rings. The Morgan fingerprint density at radius 2 is 1.33 bits per heavy atom. The van der Waals surface area contributed by atoms with Crippen molar-refractivity contribution in [2.75, 3.05) is 13.1 Å². The number of hydrogen-bond donors (Lipinski definition) is 0. The molecule has 9 heteroatoms. The predicted octanol–water partition coefficient (Wildman–Crippen LogP) is 6.96. The Bertz CT molecular complexity index is 1310. The lowest BCUT2D eigenvalue weighted by Gasteiger charge is -2.34. The van der Waals surface area contributed by atoms with E-state index in [1.165, 1.54) is 6.07 Å². The molecule has 2 heterocycles. The smallest absolute Gasteiger partial charge is 0.251 e. The third-order valence-electron chi connectivity index (χ3n) is 6.79. The molecule has 2 nitrogen and oxygen atoms in total. The van der Waals surface area contributed by atoms with Gasteiger partial charge in [-0.25, -0.2) is 30.7 Å².